The minimum atomic E-state index is 0.592. The van der Waals surface area contributed by atoms with Gasteiger partial charge >= 0.3 is 0 Å². The summed E-state index contributed by atoms with van der Waals surface area (Å²) in [5, 5.41) is 11.2. The molecular formula is C14H25N5. The van der Waals surface area contributed by atoms with Gasteiger partial charge in [-0.3, -0.25) is 4.68 Å². The van der Waals surface area contributed by atoms with Gasteiger partial charge in [-0.2, -0.15) is 5.10 Å². The fraction of sp³-hybridized carbons (Fsp3) is 0.714. The van der Waals surface area contributed by atoms with Crippen LogP contribution in [0, 0.1) is 19.8 Å². The molecule has 106 valence electrons. The lowest BCUT2D eigenvalue weighted by Crippen LogP contribution is -2.39. The lowest BCUT2D eigenvalue weighted by atomic mass is 10.2. The van der Waals surface area contributed by atoms with Crippen molar-refractivity contribution in [3.05, 3.63) is 17.0 Å². The van der Waals surface area contributed by atoms with Gasteiger partial charge in [0.25, 0.3) is 0 Å². The summed E-state index contributed by atoms with van der Waals surface area (Å²) in [6, 6.07) is 0.592. The summed E-state index contributed by atoms with van der Waals surface area (Å²) in [5.41, 5.74) is 3.49. The van der Waals surface area contributed by atoms with Crippen LogP contribution in [0.5, 0.6) is 0 Å². The molecule has 2 unspecified atom stereocenters. The molecule has 5 heteroatoms. The number of hydrogen-bond donors (Lipinski definition) is 2. The van der Waals surface area contributed by atoms with Gasteiger partial charge in [-0.15, -0.1) is 0 Å². The molecule has 0 aliphatic heterocycles. The van der Waals surface area contributed by atoms with E-state index < -0.39 is 0 Å². The number of aliphatic imine (C=N–C) groups is 1. The summed E-state index contributed by atoms with van der Waals surface area (Å²) in [6.07, 6.45) is 1.25. The summed E-state index contributed by atoms with van der Waals surface area (Å²) in [7, 11) is 1.98. The molecule has 19 heavy (non-hydrogen) atoms. The van der Waals surface area contributed by atoms with Gasteiger partial charge < -0.3 is 10.6 Å². The second kappa shape index (κ2) is 5.63. The fourth-order valence-corrected chi connectivity index (χ4v) is 2.22. The van der Waals surface area contributed by atoms with E-state index in [0.717, 1.165) is 24.1 Å². The van der Waals surface area contributed by atoms with Gasteiger partial charge in [0.2, 0.25) is 0 Å². The Bertz CT molecular complexity index is 474. The van der Waals surface area contributed by atoms with Crippen LogP contribution in [0.3, 0.4) is 0 Å². The SMILES string of the molecule is CCNC(=NCc1c(C)nn(C)c1C)NC1CC1C. The van der Waals surface area contributed by atoms with Crippen molar-refractivity contribution in [2.24, 2.45) is 18.0 Å². The summed E-state index contributed by atoms with van der Waals surface area (Å²) < 4.78 is 1.92. The fourth-order valence-electron chi connectivity index (χ4n) is 2.22. The number of aromatic nitrogens is 2. The molecule has 1 aliphatic carbocycles. The van der Waals surface area contributed by atoms with Crippen molar-refractivity contribution in [1.82, 2.24) is 20.4 Å². The first kappa shape index (κ1) is 13.9. The molecule has 0 radical (unpaired) electrons. The standard InChI is InChI=1S/C14H25N5/c1-6-15-14(17-13-7-9(13)2)16-8-12-10(3)18-19(5)11(12)4/h9,13H,6-8H2,1-5H3,(H2,15,16,17). The third-order valence-electron chi connectivity index (χ3n) is 3.83. The molecule has 1 aliphatic rings. The zero-order valence-corrected chi connectivity index (χ0v) is 12.6. The summed E-state index contributed by atoms with van der Waals surface area (Å²) in [4.78, 5) is 4.67. The first-order valence-electron chi connectivity index (χ1n) is 7.06. The number of guanidine groups is 1. The Hall–Kier alpha value is -1.52. The number of rotatable bonds is 4. The van der Waals surface area contributed by atoms with Crippen LogP contribution in [0.15, 0.2) is 4.99 Å². The number of nitrogens with one attached hydrogen (secondary N) is 2. The maximum atomic E-state index is 4.67. The number of nitrogens with zero attached hydrogens (tertiary/aromatic N) is 3. The Morgan fingerprint density at radius 2 is 2.16 bits per heavy atom. The zero-order valence-electron chi connectivity index (χ0n) is 12.6. The maximum Gasteiger partial charge on any atom is 0.191 e. The predicted molar refractivity (Wildman–Crippen MR) is 78.2 cm³/mol. The van der Waals surface area contributed by atoms with Gasteiger partial charge in [-0.1, -0.05) is 6.92 Å². The van der Waals surface area contributed by atoms with E-state index in [2.05, 4.69) is 41.5 Å². The molecule has 0 bridgehead atoms. The van der Waals surface area contributed by atoms with E-state index in [0.29, 0.717) is 12.6 Å². The Balaban J connectivity index is 2.04. The van der Waals surface area contributed by atoms with Crippen molar-refractivity contribution < 1.29 is 0 Å². The monoisotopic (exact) mass is 263 g/mol. The van der Waals surface area contributed by atoms with Crippen LogP contribution in [0.1, 0.15) is 37.2 Å². The second-order valence-electron chi connectivity index (χ2n) is 5.43. The lowest BCUT2D eigenvalue weighted by Gasteiger charge is -2.10. The van der Waals surface area contributed by atoms with Gasteiger partial charge in [0.15, 0.2) is 5.96 Å². The van der Waals surface area contributed by atoms with Gasteiger partial charge in [0.05, 0.1) is 12.2 Å². The normalized spacial score (nSPS) is 22.5. The van der Waals surface area contributed by atoms with Crippen molar-refractivity contribution >= 4 is 5.96 Å². The summed E-state index contributed by atoms with van der Waals surface area (Å²) in [5.74, 6) is 1.69. The van der Waals surface area contributed by atoms with Crippen LogP contribution in [0.4, 0.5) is 0 Å². The Morgan fingerprint density at radius 3 is 2.63 bits per heavy atom. The largest absolute Gasteiger partial charge is 0.357 e. The van der Waals surface area contributed by atoms with Crippen molar-refractivity contribution in [3.63, 3.8) is 0 Å². The van der Waals surface area contributed by atoms with E-state index in [1.54, 1.807) is 0 Å². The second-order valence-corrected chi connectivity index (χ2v) is 5.43. The van der Waals surface area contributed by atoms with E-state index in [4.69, 9.17) is 0 Å². The van der Waals surface area contributed by atoms with Crippen molar-refractivity contribution in [2.45, 2.75) is 46.7 Å². The van der Waals surface area contributed by atoms with E-state index >= 15 is 0 Å². The number of hydrogen-bond acceptors (Lipinski definition) is 2. The molecular weight excluding hydrogens is 238 g/mol. The van der Waals surface area contributed by atoms with Gasteiger partial charge in [-0.25, -0.2) is 4.99 Å². The average Bonchev–Trinajstić information content (AvgIpc) is 2.98. The van der Waals surface area contributed by atoms with Crippen LogP contribution in [0.2, 0.25) is 0 Å². The molecule has 2 N–H and O–H groups in total. The minimum absolute atomic E-state index is 0.592. The van der Waals surface area contributed by atoms with Gasteiger partial charge in [0.1, 0.15) is 0 Å². The Morgan fingerprint density at radius 1 is 1.47 bits per heavy atom. The van der Waals surface area contributed by atoms with Crippen LogP contribution in [0.25, 0.3) is 0 Å². The molecule has 0 aromatic carbocycles. The molecule has 2 atom stereocenters. The zero-order chi connectivity index (χ0) is 14.0. The van der Waals surface area contributed by atoms with Crippen molar-refractivity contribution in [1.29, 1.82) is 0 Å². The van der Waals surface area contributed by atoms with Gasteiger partial charge in [0, 0.05) is 30.9 Å². The summed E-state index contributed by atoms with van der Waals surface area (Å²) in [6.45, 7) is 10.1. The van der Waals surface area contributed by atoms with E-state index in [1.807, 2.05) is 18.7 Å². The molecule has 2 rings (SSSR count). The number of aryl methyl sites for hydroxylation is 2. The van der Waals surface area contributed by atoms with E-state index in [-0.39, 0.29) is 0 Å². The highest BCUT2D eigenvalue weighted by atomic mass is 15.3. The van der Waals surface area contributed by atoms with Crippen LogP contribution in [-0.2, 0) is 13.6 Å². The van der Waals surface area contributed by atoms with E-state index in [9.17, 15) is 0 Å². The van der Waals surface area contributed by atoms with Gasteiger partial charge in [-0.05, 0) is 33.1 Å². The molecule has 5 nitrogen and oxygen atoms in total. The Kier molecular flexibility index (Phi) is 4.12. The third-order valence-corrected chi connectivity index (χ3v) is 3.83. The molecule has 1 aromatic heterocycles. The van der Waals surface area contributed by atoms with Crippen molar-refractivity contribution in [3.8, 4) is 0 Å². The highest BCUT2D eigenvalue weighted by Crippen LogP contribution is 2.28. The molecule has 1 fully saturated rings. The molecule has 0 saturated heterocycles. The first-order chi connectivity index (χ1) is 9.02. The lowest BCUT2D eigenvalue weighted by molar-refractivity contribution is 0.729. The van der Waals surface area contributed by atoms with Crippen molar-refractivity contribution in [2.75, 3.05) is 6.54 Å². The Labute approximate surface area is 115 Å². The molecule has 1 saturated carbocycles. The quantitative estimate of drug-likeness (QED) is 0.639. The topological polar surface area (TPSA) is 54.2 Å². The predicted octanol–water partition coefficient (Wildman–Crippen LogP) is 1.50. The highest BCUT2D eigenvalue weighted by molar-refractivity contribution is 5.80. The smallest absolute Gasteiger partial charge is 0.191 e. The maximum absolute atomic E-state index is 4.67. The minimum Gasteiger partial charge on any atom is -0.357 e. The van der Waals surface area contributed by atoms with E-state index in [1.165, 1.54) is 17.7 Å². The molecule has 0 spiro atoms. The molecule has 1 aromatic rings. The average molecular weight is 263 g/mol. The highest BCUT2D eigenvalue weighted by Gasteiger charge is 2.33. The van der Waals surface area contributed by atoms with Crippen LogP contribution in [-0.4, -0.2) is 28.3 Å². The van der Waals surface area contributed by atoms with Crippen LogP contribution < -0.4 is 10.6 Å². The summed E-state index contributed by atoms with van der Waals surface area (Å²) >= 11 is 0. The first-order valence-corrected chi connectivity index (χ1v) is 7.06. The van der Waals surface area contributed by atoms with Crippen LogP contribution >= 0.6 is 0 Å². The third kappa shape index (κ3) is 3.28. The molecule has 1 heterocycles. The molecule has 0 amide bonds.